The normalized spacial score (nSPS) is 12.7. The zero-order chi connectivity index (χ0) is 18.0. The van der Waals surface area contributed by atoms with Crippen molar-refractivity contribution in [2.75, 3.05) is 7.05 Å². The Labute approximate surface area is 142 Å². The molecule has 0 heterocycles. The van der Waals surface area contributed by atoms with Gasteiger partial charge in [-0.3, -0.25) is 4.90 Å². The summed E-state index contributed by atoms with van der Waals surface area (Å²) in [6, 6.07) is 13.9. The molecule has 0 aliphatic heterocycles. The third-order valence-electron chi connectivity index (χ3n) is 3.98. The molecule has 0 bridgehead atoms. The van der Waals surface area contributed by atoms with E-state index in [1.165, 1.54) is 17.7 Å². The Morgan fingerprint density at radius 2 is 1.38 bits per heavy atom. The first-order valence-corrected chi connectivity index (χ1v) is 8.00. The van der Waals surface area contributed by atoms with Crippen molar-refractivity contribution < 1.29 is 13.2 Å². The number of alkyl halides is 3. The number of benzene rings is 2. The summed E-state index contributed by atoms with van der Waals surface area (Å²) in [5.74, 6) is 0. The van der Waals surface area contributed by atoms with Crippen LogP contribution in [0.25, 0.3) is 0 Å². The van der Waals surface area contributed by atoms with Crippen LogP contribution in [0.1, 0.15) is 43.0 Å². The Morgan fingerprint density at radius 3 is 1.92 bits per heavy atom. The minimum absolute atomic E-state index is 0.114. The third-order valence-corrected chi connectivity index (χ3v) is 3.98. The fraction of sp³-hybridized carbons (Fsp3) is 0.400. The van der Waals surface area contributed by atoms with E-state index in [1.807, 2.05) is 11.9 Å². The Bertz CT molecular complexity index is 667. The van der Waals surface area contributed by atoms with Gasteiger partial charge in [0.05, 0.1) is 5.56 Å². The second-order valence-corrected chi connectivity index (χ2v) is 7.32. The smallest absolute Gasteiger partial charge is 0.298 e. The summed E-state index contributed by atoms with van der Waals surface area (Å²) in [5.41, 5.74) is 2.61. The fourth-order valence-electron chi connectivity index (χ4n) is 2.64. The van der Waals surface area contributed by atoms with Crippen molar-refractivity contribution >= 4 is 0 Å². The summed E-state index contributed by atoms with van der Waals surface area (Å²) in [4.78, 5) is 2.02. The van der Waals surface area contributed by atoms with Crippen LogP contribution in [0.5, 0.6) is 0 Å². The van der Waals surface area contributed by atoms with Gasteiger partial charge in [0.2, 0.25) is 0 Å². The highest BCUT2D eigenvalue weighted by atomic mass is 19.4. The first-order chi connectivity index (χ1) is 11.1. The average Bonchev–Trinajstić information content (AvgIpc) is 2.46. The molecule has 0 spiro atoms. The van der Waals surface area contributed by atoms with Crippen molar-refractivity contribution in [3.8, 4) is 0 Å². The maximum absolute atomic E-state index is 12.8. The van der Waals surface area contributed by atoms with Crippen LogP contribution in [-0.4, -0.2) is 11.9 Å². The molecule has 0 N–H and O–H groups in total. The predicted molar refractivity (Wildman–Crippen MR) is 91.8 cm³/mol. The van der Waals surface area contributed by atoms with Gasteiger partial charge in [-0.15, -0.1) is 0 Å². The molecule has 4 heteroatoms. The molecule has 0 aromatic heterocycles. The predicted octanol–water partition coefficient (Wildman–Crippen LogP) is 5.63. The Balaban J connectivity index is 2.02. The van der Waals surface area contributed by atoms with E-state index in [2.05, 4.69) is 45.0 Å². The highest BCUT2D eigenvalue weighted by molar-refractivity contribution is 5.28. The lowest BCUT2D eigenvalue weighted by atomic mass is 9.87. The van der Waals surface area contributed by atoms with Crippen molar-refractivity contribution in [2.24, 2.45) is 0 Å². The Hall–Kier alpha value is -1.81. The minimum Gasteiger partial charge on any atom is -0.298 e. The molecule has 24 heavy (non-hydrogen) atoms. The number of hydrogen-bond acceptors (Lipinski definition) is 1. The lowest BCUT2D eigenvalue weighted by Crippen LogP contribution is -2.18. The van der Waals surface area contributed by atoms with Crippen molar-refractivity contribution in [1.29, 1.82) is 0 Å². The standard InChI is InChI=1S/C20H24F3N/c1-19(2,3)17-10-8-15(9-11-17)13-24(4)14-16-6-5-7-18(12-16)20(21,22)23/h5-12H,13-14H2,1-4H3. The van der Waals surface area contributed by atoms with Crippen molar-refractivity contribution in [1.82, 2.24) is 4.90 Å². The van der Waals surface area contributed by atoms with Gasteiger partial charge in [0, 0.05) is 13.1 Å². The lowest BCUT2D eigenvalue weighted by Gasteiger charge is -2.21. The third kappa shape index (κ3) is 5.10. The number of hydrogen-bond donors (Lipinski definition) is 0. The fourth-order valence-corrected chi connectivity index (χ4v) is 2.64. The molecule has 0 aliphatic rings. The molecule has 0 unspecified atom stereocenters. The summed E-state index contributed by atoms with van der Waals surface area (Å²) in [7, 11) is 1.91. The second-order valence-electron chi connectivity index (χ2n) is 7.32. The van der Waals surface area contributed by atoms with Gasteiger partial charge >= 0.3 is 6.18 Å². The first kappa shape index (κ1) is 18.5. The van der Waals surface area contributed by atoms with E-state index < -0.39 is 11.7 Å². The number of halogens is 3. The summed E-state index contributed by atoms with van der Waals surface area (Å²) < 4.78 is 38.3. The van der Waals surface area contributed by atoms with Crippen molar-refractivity contribution in [3.63, 3.8) is 0 Å². The van der Waals surface area contributed by atoms with Crippen molar-refractivity contribution in [2.45, 2.75) is 45.5 Å². The molecule has 0 amide bonds. The van der Waals surface area contributed by atoms with Gasteiger partial charge in [-0.2, -0.15) is 13.2 Å². The quantitative estimate of drug-likeness (QED) is 0.699. The highest BCUT2D eigenvalue weighted by Gasteiger charge is 2.30. The zero-order valence-electron chi connectivity index (χ0n) is 14.6. The molecule has 2 aromatic carbocycles. The molecule has 0 atom stereocenters. The van der Waals surface area contributed by atoms with Gasteiger partial charge in [-0.25, -0.2) is 0 Å². The van der Waals surface area contributed by atoms with E-state index >= 15 is 0 Å². The van der Waals surface area contributed by atoms with Crippen LogP contribution in [0.4, 0.5) is 13.2 Å². The molecular weight excluding hydrogens is 311 g/mol. The van der Waals surface area contributed by atoms with E-state index in [4.69, 9.17) is 0 Å². The molecule has 2 rings (SSSR count). The van der Waals surface area contributed by atoms with Gasteiger partial charge in [0.25, 0.3) is 0 Å². The van der Waals surface area contributed by atoms with Gasteiger partial charge in [-0.05, 0) is 35.2 Å². The first-order valence-electron chi connectivity index (χ1n) is 8.00. The topological polar surface area (TPSA) is 3.24 Å². The van der Waals surface area contributed by atoms with Crippen LogP contribution >= 0.6 is 0 Å². The summed E-state index contributed by atoms with van der Waals surface area (Å²) >= 11 is 0. The number of nitrogens with zero attached hydrogens (tertiary/aromatic N) is 1. The Kier molecular flexibility index (Phi) is 5.38. The summed E-state index contributed by atoms with van der Waals surface area (Å²) in [5, 5.41) is 0. The largest absolute Gasteiger partial charge is 0.416 e. The van der Waals surface area contributed by atoms with Gasteiger partial charge < -0.3 is 0 Å². The molecule has 0 saturated carbocycles. The summed E-state index contributed by atoms with van der Waals surface area (Å²) in [6.45, 7) is 7.68. The molecule has 0 aliphatic carbocycles. The van der Waals surface area contributed by atoms with Gasteiger partial charge in [0.1, 0.15) is 0 Å². The van der Waals surface area contributed by atoms with E-state index in [1.54, 1.807) is 6.07 Å². The molecule has 130 valence electrons. The second kappa shape index (κ2) is 6.98. The maximum Gasteiger partial charge on any atom is 0.416 e. The highest BCUT2D eigenvalue weighted by Crippen LogP contribution is 2.29. The van der Waals surface area contributed by atoms with Crippen LogP contribution < -0.4 is 0 Å². The lowest BCUT2D eigenvalue weighted by molar-refractivity contribution is -0.137. The molecule has 2 aromatic rings. The van der Waals surface area contributed by atoms with Crippen LogP contribution in [0.3, 0.4) is 0 Å². The summed E-state index contributed by atoms with van der Waals surface area (Å²) in [6.07, 6.45) is -4.29. The average molecular weight is 335 g/mol. The zero-order valence-corrected chi connectivity index (χ0v) is 14.6. The molecule has 0 radical (unpaired) electrons. The maximum atomic E-state index is 12.8. The SMILES string of the molecule is CN(Cc1ccc(C(C)(C)C)cc1)Cc1cccc(C(F)(F)F)c1. The Morgan fingerprint density at radius 1 is 0.792 bits per heavy atom. The minimum atomic E-state index is -4.29. The van der Waals surface area contributed by atoms with E-state index in [9.17, 15) is 13.2 Å². The van der Waals surface area contributed by atoms with Crippen LogP contribution in [0.15, 0.2) is 48.5 Å². The molecular formula is C20H24F3N. The van der Waals surface area contributed by atoms with E-state index in [0.29, 0.717) is 18.7 Å². The monoisotopic (exact) mass is 335 g/mol. The molecule has 0 fully saturated rings. The molecule has 1 nitrogen and oxygen atoms in total. The van der Waals surface area contributed by atoms with E-state index in [0.717, 1.165) is 11.6 Å². The van der Waals surface area contributed by atoms with Crippen LogP contribution in [0, 0.1) is 0 Å². The van der Waals surface area contributed by atoms with Crippen LogP contribution in [0.2, 0.25) is 0 Å². The number of rotatable bonds is 4. The van der Waals surface area contributed by atoms with Crippen molar-refractivity contribution in [3.05, 3.63) is 70.8 Å². The molecule has 0 saturated heterocycles. The van der Waals surface area contributed by atoms with Gasteiger partial charge in [0.15, 0.2) is 0 Å². The van der Waals surface area contributed by atoms with E-state index in [-0.39, 0.29) is 5.41 Å². The van der Waals surface area contributed by atoms with Gasteiger partial charge in [-0.1, -0.05) is 63.2 Å². The van der Waals surface area contributed by atoms with Crippen LogP contribution in [-0.2, 0) is 24.7 Å².